The van der Waals surface area contributed by atoms with Crippen LogP contribution in [-0.2, 0) is 4.79 Å². The molecular weight excluding hydrogens is 372 g/mol. The molecule has 0 spiro atoms. The van der Waals surface area contributed by atoms with E-state index in [2.05, 4.69) is 4.90 Å². The molecule has 6 heteroatoms. The lowest BCUT2D eigenvalue weighted by molar-refractivity contribution is -0.135. The number of hydrogen-bond acceptors (Lipinski definition) is 5. The van der Waals surface area contributed by atoms with E-state index in [1.54, 1.807) is 0 Å². The molecule has 0 radical (unpaired) electrons. The molecule has 144 valence electrons. The van der Waals surface area contributed by atoms with Crippen molar-refractivity contribution in [1.29, 1.82) is 0 Å². The summed E-state index contributed by atoms with van der Waals surface area (Å²) in [5.74, 6) is 0.832. The number of carbonyl (C=O) groups is 2. The van der Waals surface area contributed by atoms with Gasteiger partial charge in [0.2, 0.25) is 0 Å². The van der Waals surface area contributed by atoms with Crippen molar-refractivity contribution >= 4 is 33.8 Å². The van der Waals surface area contributed by atoms with Crippen LogP contribution in [0.3, 0.4) is 0 Å². The van der Waals surface area contributed by atoms with E-state index in [4.69, 9.17) is 4.74 Å². The van der Waals surface area contributed by atoms with Crippen LogP contribution in [-0.4, -0.2) is 60.8 Å². The van der Waals surface area contributed by atoms with E-state index >= 15 is 0 Å². The van der Waals surface area contributed by atoms with Crippen molar-refractivity contribution in [3.8, 4) is 5.75 Å². The van der Waals surface area contributed by atoms with Crippen LogP contribution in [0.2, 0.25) is 0 Å². The number of ether oxygens (including phenoxy) is 1. The van der Waals surface area contributed by atoms with Gasteiger partial charge < -0.3 is 9.64 Å². The number of amides is 1. The Morgan fingerprint density at radius 1 is 0.929 bits per heavy atom. The van der Waals surface area contributed by atoms with Gasteiger partial charge in [0.1, 0.15) is 5.75 Å². The molecule has 1 aliphatic heterocycles. The van der Waals surface area contributed by atoms with Crippen molar-refractivity contribution in [3.63, 3.8) is 0 Å². The molecule has 0 atom stereocenters. The number of nitrogens with zero attached hydrogens (tertiary/aromatic N) is 2. The first-order chi connectivity index (χ1) is 13.7. The molecule has 3 aromatic rings. The number of Topliss-reactive ketones (excluding diaryl/α,β-unsaturated/α-hetero) is 1. The predicted octanol–water partition coefficient (Wildman–Crippen LogP) is 3.31. The van der Waals surface area contributed by atoms with E-state index < -0.39 is 0 Å². The van der Waals surface area contributed by atoms with E-state index in [1.807, 2.05) is 64.9 Å². The Bertz CT molecular complexity index is 963. The molecule has 4 rings (SSSR count). The fourth-order valence-corrected chi connectivity index (χ4v) is 4.02. The Labute approximate surface area is 168 Å². The van der Waals surface area contributed by atoms with E-state index in [1.165, 1.54) is 11.3 Å². The van der Waals surface area contributed by atoms with E-state index in [0.29, 0.717) is 38.5 Å². The van der Waals surface area contributed by atoms with Crippen molar-refractivity contribution in [2.75, 3.05) is 39.3 Å². The van der Waals surface area contributed by atoms with Crippen molar-refractivity contribution in [3.05, 3.63) is 64.9 Å². The molecule has 0 unspecified atom stereocenters. The molecule has 1 fully saturated rings. The Morgan fingerprint density at radius 3 is 2.46 bits per heavy atom. The van der Waals surface area contributed by atoms with Crippen LogP contribution in [0.15, 0.2) is 60.0 Å². The number of rotatable bonds is 6. The van der Waals surface area contributed by atoms with Crippen LogP contribution >= 0.6 is 11.3 Å². The summed E-state index contributed by atoms with van der Waals surface area (Å²) in [7, 11) is 0. The minimum Gasteiger partial charge on any atom is -0.484 e. The summed E-state index contributed by atoms with van der Waals surface area (Å²) >= 11 is 1.47. The highest BCUT2D eigenvalue weighted by Gasteiger charge is 2.23. The standard InChI is InChI=1S/C22H22N2O3S/c25-20(21-6-3-13-28-21)15-23-9-11-24(12-10-23)22(26)16-27-19-8-7-17-4-1-2-5-18(17)14-19/h1-8,13-14H,9-12,15-16H2. The molecule has 0 aliphatic carbocycles. The molecule has 0 saturated carbocycles. The zero-order valence-corrected chi connectivity index (χ0v) is 16.4. The minimum atomic E-state index is -0.0163. The van der Waals surface area contributed by atoms with Crippen LogP contribution in [0.5, 0.6) is 5.75 Å². The molecule has 1 saturated heterocycles. The summed E-state index contributed by atoms with van der Waals surface area (Å²) < 4.78 is 5.71. The minimum absolute atomic E-state index is 0.0163. The summed E-state index contributed by atoms with van der Waals surface area (Å²) in [6, 6.07) is 17.7. The Hall–Kier alpha value is -2.70. The van der Waals surface area contributed by atoms with Gasteiger partial charge in [-0.2, -0.15) is 0 Å². The average molecular weight is 394 g/mol. The van der Waals surface area contributed by atoms with Gasteiger partial charge in [0.25, 0.3) is 5.91 Å². The van der Waals surface area contributed by atoms with Crippen molar-refractivity contribution in [2.24, 2.45) is 0 Å². The molecule has 2 heterocycles. The molecule has 5 nitrogen and oxygen atoms in total. The summed E-state index contributed by atoms with van der Waals surface area (Å²) in [5.41, 5.74) is 0. The molecule has 1 aliphatic rings. The fourth-order valence-electron chi connectivity index (χ4n) is 3.37. The van der Waals surface area contributed by atoms with Crippen LogP contribution in [0.4, 0.5) is 0 Å². The van der Waals surface area contributed by atoms with Gasteiger partial charge in [-0.25, -0.2) is 0 Å². The molecule has 0 N–H and O–H groups in total. The van der Waals surface area contributed by atoms with Crippen molar-refractivity contribution in [2.45, 2.75) is 0 Å². The number of ketones is 1. The lowest BCUT2D eigenvalue weighted by Gasteiger charge is -2.34. The van der Waals surface area contributed by atoms with Gasteiger partial charge in [0, 0.05) is 26.2 Å². The Balaban J connectivity index is 1.25. The monoisotopic (exact) mass is 394 g/mol. The molecule has 0 bridgehead atoms. The number of piperazine rings is 1. The number of carbonyl (C=O) groups excluding carboxylic acids is 2. The fraction of sp³-hybridized carbons (Fsp3) is 0.273. The largest absolute Gasteiger partial charge is 0.484 e. The number of hydrogen-bond donors (Lipinski definition) is 0. The van der Waals surface area contributed by atoms with Crippen LogP contribution in [0.1, 0.15) is 9.67 Å². The average Bonchev–Trinajstić information content (AvgIpc) is 3.27. The molecule has 28 heavy (non-hydrogen) atoms. The lowest BCUT2D eigenvalue weighted by atomic mass is 10.1. The first-order valence-corrected chi connectivity index (χ1v) is 10.3. The summed E-state index contributed by atoms with van der Waals surface area (Å²) in [6.07, 6.45) is 0. The van der Waals surface area contributed by atoms with E-state index in [9.17, 15) is 9.59 Å². The van der Waals surface area contributed by atoms with Gasteiger partial charge >= 0.3 is 0 Å². The second-order valence-electron chi connectivity index (χ2n) is 6.86. The highest BCUT2D eigenvalue weighted by atomic mass is 32.1. The molecule has 1 amide bonds. The maximum atomic E-state index is 12.5. The third-order valence-electron chi connectivity index (χ3n) is 4.97. The van der Waals surface area contributed by atoms with Crippen molar-refractivity contribution in [1.82, 2.24) is 9.80 Å². The summed E-state index contributed by atoms with van der Waals surface area (Å²) in [6.45, 7) is 3.11. The third kappa shape index (κ3) is 4.40. The highest BCUT2D eigenvalue weighted by Crippen LogP contribution is 2.20. The van der Waals surface area contributed by atoms with Gasteiger partial charge in [-0.3, -0.25) is 14.5 Å². The summed E-state index contributed by atoms with van der Waals surface area (Å²) in [4.78, 5) is 29.4. The maximum Gasteiger partial charge on any atom is 0.260 e. The normalized spacial score (nSPS) is 14.9. The summed E-state index contributed by atoms with van der Waals surface area (Å²) in [5, 5.41) is 4.16. The van der Waals surface area contributed by atoms with Crippen LogP contribution < -0.4 is 4.74 Å². The van der Waals surface area contributed by atoms with Crippen molar-refractivity contribution < 1.29 is 14.3 Å². The lowest BCUT2D eigenvalue weighted by Crippen LogP contribution is -2.50. The zero-order chi connectivity index (χ0) is 19.3. The topological polar surface area (TPSA) is 49.9 Å². The van der Waals surface area contributed by atoms with E-state index in [0.717, 1.165) is 15.6 Å². The SMILES string of the molecule is O=C(CN1CCN(C(=O)COc2ccc3ccccc3c2)CC1)c1cccs1. The first kappa shape index (κ1) is 18.7. The van der Waals surface area contributed by atoms with Gasteiger partial charge in [-0.05, 0) is 34.4 Å². The molecule has 1 aromatic heterocycles. The van der Waals surface area contributed by atoms with Gasteiger partial charge in [0.05, 0.1) is 11.4 Å². The second-order valence-corrected chi connectivity index (χ2v) is 7.80. The Morgan fingerprint density at radius 2 is 1.71 bits per heavy atom. The molecule has 2 aromatic carbocycles. The zero-order valence-electron chi connectivity index (χ0n) is 15.5. The smallest absolute Gasteiger partial charge is 0.260 e. The van der Waals surface area contributed by atoms with Gasteiger partial charge in [-0.1, -0.05) is 36.4 Å². The van der Waals surface area contributed by atoms with Crippen LogP contribution in [0, 0.1) is 0 Å². The highest BCUT2D eigenvalue weighted by molar-refractivity contribution is 7.12. The van der Waals surface area contributed by atoms with Gasteiger partial charge in [-0.15, -0.1) is 11.3 Å². The second kappa shape index (κ2) is 8.54. The third-order valence-corrected chi connectivity index (χ3v) is 5.88. The number of benzene rings is 2. The number of fused-ring (bicyclic) bond motifs is 1. The maximum absolute atomic E-state index is 12.5. The quantitative estimate of drug-likeness (QED) is 0.602. The van der Waals surface area contributed by atoms with Gasteiger partial charge in [0.15, 0.2) is 12.4 Å². The Kier molecular flexibility index (Phi) is 5.69. The van der Waals surface area contributed by atoms with E-state index in [-0.39, 0.29) is 18.3 Å². The van der Waals surface area contributed by atoms with Crippen LogP contribution in [0.25, 0.3) is 10.8 Å². The number of thiophene rings is 1. The predicted molar refractivity (Wildman–Crippen MR) is 111 cm³/mol. The first-order valence-electron chi connectivity index (χ1n) is 9.37. The molecular formula is C22H22N2O3S.